The molecule has 0 aromatic rings. The Hall–Kier alpha value is -0.790. The van der Waals surface area contributed by atoms with Crippen LogP contribution >= 0.6 is 0 Å². The van der Waals surface area contributed by atoms with Crippen LogP contribution in [0.2, 0.25) is 0 Å². The van der Waals surface area contributed by atoms with Crippen molar-refractivity contribution in [1.29, 1.82) is 0 Å². The number of carbonyl (C=O) groups excluding carboxylic acids is 1. The molecule has 2 unspecified atom stereocenters. The van der Waals surface area contributed by atoms with E-state index in [2.05, 4.69) is 11.5 Å². The molecule has 0 aromatic carbocycles. The molecule has 0 aromatic heterocycles. The molecule has 0 spiro atoms. The van der Waals surface area contributed by atoms with Crippen LogP contribution in [0.3, 0.4) is 0 Å². The number of allylic oxidation sites excluding steroid dienone is 1. The Morgan fingerprint density at radius 2 is 1.93 bits per heavy atom. The largest absolute Gasteiger partial charge is 0.342 e. The lowest BCUT2D eigenvalue weighted by Crippen LogP contribution is -2.39. The van der Waals surface area contributed by atoms with Crippen molar-refractivity contribution in [2.45, 2.75) is 27.2 Å². The first kappa shape index (κ1) is 10.7. The molecule has 15 heavy (non-hydrogen) atoms. The van der Waals surface area contributed by atoms with Crippen LogP contribution in [0.4, 0.5) is 0 Å². The van der Waals surface area contributed by atoms with E-state index < -0.39 is 0 Å². The van der Waals surface area contributed by atoms with E-state index in [1.54, 1.807) is 0 Å². The van der Waals surface area contributed by atoms with Gasteiger partial charge in [-0.2, -0.15) is 0 Å². The fourth-order valence-electron chi connectivity index (χ4n) is 2.83. The molecule has 2 aliphatic rings. The number of rotatable bonds is 2. The minimum atomic E-state index is -0.218. The molecule has 1 saturated carbocycles. The lowest BCUT2D eigenvalue weighted by molar-refractivity contribution is -0.139. The zero-order chi connectivity index (χ0) is 11.2. The van der Waals surface area contributed by atoms with E-state index in [0.29, 0.717) is 5.91 Å². The molecule has 2 rings (SSSR count). The Morgan fingerprint density at radius 3 is 2.33 bits per heavy atom. The molecule has 2 heteroatoms. The molecule has 2 nitrogen and oxygen atoms in total. The van der Waals surface area contributed by atoms with Gasteiger partial charge in [-0.3, -0.25) is 4.79 Å². The van der Waals surface area contributed by atoms with E-state index in [-0.39, 0.29) is 5.41 Å². The van der Waals surface area contributed by atoms with Crippen LogP contribution in [0.15, 0.2) is 12.7 Å². The Morgan fingerprint density at radius 1 is 1.40 bits per heavy atom. The standard InChI is InChI=1S/C13H21NO/c1-5-6-9-10-7-14(8-11(9)10)12(15)13(2,3)4/h5,9-11H,1,6-8H2,2-4H3. The normalized spacial score (nSPS) is 33.8. The van der Waals surface area contributed by atoms with Crippen molar-refractivity contribution < 1.29 is 4.79 Å². The number of amides is 1. The lowest BCUT2D eigenvalue weighted by Gasteiger charge is -2.27. The van der Waals surface area contributed by atoms with Gasteiger partial charge in [-0.25, -0.2) is 0 Å². The second-order valence-corrected chi connectivity index (χ2v) is 5.98. The van der Waals surface area contributed by atoms with Crippen molar-refractivity contribution in [1.82, 2.24) is 4.90 Å². The van der Waals surface area contributed by atoms with Gasteiger partial charge in [0.2, 0.25) is 5.91 Å². The second kappa shape index (κ2) is 3.36. The van der Waals surface area contributed by atoms with Gasteiger partial charge in [0, 0.05) is 18.5 Å². The van der Waals surface area contributed by atoms with Gasteiger partial charge < -0.3 is 4.90 Å². The van der Waals surface area contributed by atoms with Gasteiger partial charge in [0.15, 0.2) is 0 Å². The molecule has 1 aliphatic carbocycles. The van der Waals surface area contributed by atoms with E-state index in [0.717, 1.165) is 37.3 Å². The van der Waals surface area contributed by atoms with E-state index in [9.17, 15) is 4.79 Å². The van der Waals surface area contributed by atoms with Gasteiger partial charge in [0.05, 0.1) is 0 Å². The summed E-state index contributed by atoms with van der Waals surface area (Å²) in [6, 6.07) is 0. The third kappa shape index (κ3) is 1.82. The van der Waals surface area contributed by atoms with Crippen molar-refractivity contribution in [3.8, 4) is 0 Å². The molecule has 84 valence electrons. The second-order valence-electron chi connectivity index (χ2n) is 5.98. The lowest BCUT2D eigenvalue weighted by atomic mass is 9.94. The summed E-state index contributed by atoms with van der Waals surface area (Å²) < 4.78 is 0. The third-order valence-corrected chi connectivity index (χ3v) is 3.74. The van der Waals surface area contributed by atoms with E-state index in [1.807, 2.05) is 26.8 Å². The Labute approximate surface area is 92.3 Å². The highest BCUT2D eigenvalue weighted by Crippen LogP contribution is 2.54. The Kier molecular flexibility index (Phi) is 2.40. The molecule has 0 bridgehead atoms. The maximum absolute atomic E-state index is 12.0. The first-order chi connectivity index (χ1) is 6.95. The predicted octanol–water partition coefficient (Wildman–Crippen LogP) is 2.31. The van der Waals surface area contributed by atoms with Crippen LogP contribution in [-0.4, -0.2) is 23.9 Å². The van der Waals surface area contributed by atoms with Crippen molar-refractivity contribution in [3.63, 3.8) is 0 Å². The molecule has 1 amide bonds. The third-order valence-electron chi connectivity index (χ3n) is 3.74. The number of likely N-dealkylation sites (tertiary alicyclic amines) is 1. The highest BCUT2D eigenvalue weighted by molar-refractivity contribution is 5.82. The van der Waals surface area contributed by atoms with Crippen LogP contribution in [0.25, 0.3) is 0 Å². The number of hydrogen-bond acceptors (Lipinski definition) is 1. The fourth-order valence-corrected chi connectivity index (χ4v) is 2.83. The highest BCUT2D eigenvalue weighted by Gasteiger charge is 2.56. The van der Waals surface area contributed by atoms with Crippen molar-refractivity contribution >= 4 is 5.91 Å². The SMILES string of the molecule is C=CCC1C2CN(C(=O)C(C)(C)C)CC12. The van der Waals surface area contributed by atoms with Crippen LogP contribution < -0.4 is 0 Å². The van der Waals surface area contributed by atoms with Crippen LogP contribution in [0, 0.1) is 23.2 Å². The zero-order valence-corrected chi connectivity index (χ0v) is 9.99. The summed E-state index contributed by atoms with van der Waals surface area (Å²) >= 11 is 0. The molecular weight excluding hydrogens is 186 g/mol. The van der Waals surface area contributed by atoms with Crippen LogP contribution in [-0.2, 0) is 4.79 Å². The Balaban J connectivity index is 1.88. The molecule has 2 fully saturated rings. The number of fused-ring (bicyclic) bond motifs is 1. The van der Waals surface area contributed by atoms with Gasteiger partial charge in [0.1, 0.15) is 0 Å². The quantitative estimate of drug-likeness (QED) is 0.636. The highest BCUT2D eigenvalue weighted by atomic mass is 16.2. The summed E-state index contributed by atoms with van der Waals surface area (Å²) in [5, 5.41) is 0. The molecule has 1 aliphatic heterocycles. The summed E-state index contributed by atoms with van der Waals surface area (Å²) in [5.74, 6) is 2.68. The molecule has 2 atom stereocenters. The summed E-state index contributed by atoms with van der Waals surface area (Å²) in [4.78, 5) is 14.1. The minimum absolute atomic E-state index is 0.218. The molecule has 1 saturated heterocycles. The maximum atomic E-state index is 12.0. The van der Waals surface area contributed by atoms with Gasteiger partial charge in [-0.05, 0) is 24.2 Å². The minimum Gasteiger partial charge on any atom is -0.342 e. The smallest absolute Gasteiger partial charge is 0.227 e. The summed E-state index contributed by atoms with van der Waals surface area (Å²) in [6.07, 6.45) is 3.14. The first-order valence-electron chi connectivity index (χ1n) is 5.85. The topological polar surface area (TPSA) is 20.3 Å². The predicted molar refractivity (Wildman–Crippen MR) is 61.3 cm³/mol. The maximum Gasteiger partial charge on any atom is 0.227 e. The molecular formula is C13H21NO. The fraction of sp³-hybridized carbons (Fsp3) is 0.769. The zero-order valence-electron chi connectivity index (χ0n) is 9.99. The van der Waals surface area contributed by atoms with Crippen LogP contribution in [0.1, 0.15) is 27.2 Å². The average molecular weight is 207 g/mol. The van der Waals surface area contributed by atoms with Gasteiger partial charge >= 0.3 is 0 Å². The molecule has 0 N–H and O–H groups in total. The molecule has 0 radical (unpaired) electrons. The number of carbonyl (C=O) groups is 1. The number of piperidine rings is 1. The van der Waals surface area contributed by atoms with E-state index in [1.165, 1.54) is 0 Å². The monoisotopic (exact) mass is 207 g/mol. The first-order valence-corrected chi connectivity index (χ1v) is 5.85. The van der Waals surface area contributed by atoms with Gasteiger partial charge in [-0.1, -0.05) is 26.8 Å². The Bertz CT molecular complexity index is 277. The van der Waals surface area contributed by atoms with E-state index in [4.69, 9.17) is 0 Å². The van der Waals surface area contributed by atoms with E-state index >= 15 is 0 Å². The summed E-state index contributed by atoms with van der Waals surface area (Å²) in [7, 11) is 0. The summed E-state index contributed by atoms with van der Waals surface area (Å²) in [5.41, 5.74) is -0.218. The number of nitrogens with zero attached hydrogens (tertiary/aromatic N) is 1. The summed E-state index contributed by atoms with van der Waals surface area (Å²) in [6.45, 7) is 11.8. The van der Waals surface area contributed by atoms with Crippen molar-refractivity contribution in [2.24, 2.45) is 23.2 Å². The van der Waals surface area contributed by atoms with Crippen molar-refractivity contribution in [3.05, 3.63) is 12.7 Å². The van der Waals surface area contributed by atoms with Crippen LogP contribution in [0.5, 0.6) is 0 Å². The molecule has 1 heterocycles. The van der Waals surface area contributed by atoms with Gasteiger partial charge in [-0.15, -0.1) is 6.58 Å². The average Bonchev–Trinajstić information content (AvgIpc) is 2.62. The number of hydrogen-bond donors (Lipinski definition) is 0. The van der Waals surface area contributed by atoms with Gasteiger partial charge in [0.25, 0.3) is 0 Å². The van der Waals surface area contributed by atoms with Crippen molar-refractivity contribution in [2.75, 3.05) is 13.1 Å².